The van der Waals surface area contributed by atoms with E-state index in [-0.39, 0.29) is 0 Å². The van der Waals surface area contributed by atoms with Gasteiger partial charge >= 0.3 is 6.18 Å². The van der Waals surface area contributed by atoms with Crippen molar-refractivity contribution >= 4 is 38.8 Å². The normalized spacial score (nSPS) is 12.0. The summed E-state index contributed by atoms with van der Waals surface area (Å²) in [5, 5.41) is 0.494. The fraction of sp³-hybridized carbons (Fsp3) is 0.133. The summed E-state index contributed by atoms with van der Waals surface area (Å²) in [7, 11) is 0. The fourth-order valence-electron chi connectivity index (χ4n) is 1.88. The lowest BCUT2D eigenvalue weighted by Gasteiger charge is -2.06. The van der Waals surface area contributed by atoms with Crippen molar-refractivity contribution in [3.05, 3.63) is 58.1 Å². The Hall–Kier alpha value is -1.47. The van der Waals surface area contributed by atoms with Gasteiger partial charge in [0, 0.05) is 10.2 Å². The van der Waals surface area contributed by atoms with Crippen LogP contribution in [-0.4, -0.2) is 4.98 Å². The Morgan fingerprint density at radius 3 is 2.50 bits per heavy atom. The maximum atomic E-state index is 12.5. The molecule has 3 aromatic rings. The molecule has 0 radical (unpaired) electrons. The van der Waals surface area contributed by atoms with Crippen LogP contribution < -0.4 is 0 Å². The van der Waals surface area contributed by atoms with Crippen molar-refractivity contribution in [1.82, 2.24) is 4.98 Å². The number of benzene rings is 2. The summed E-state index contributed by atoms with van der Waals surface area (Å²) >= 11 is 4.70. The molecule has 2 nitrogen and oxygen atoms in total. The van der Waals surface area contributed by atoms with Crippen molar-refractivity contribution in [1.29, 1.82) is 0 Å². The molecule has 0 aliphatic rings. The number of alkyl halides is 3. The first-order valence-electron chi connectivity index (χ1n) is 6.27. The molecule has 2 aromatic carbocycles. The molecule has 7 heteroatoms. The van der Waals surface area contributed by atoms with Crippen molar-refractivity contribution in [2.75, 3.05) is 0 Å². The Morgan fingerprint density at radius 1 is 1.09 bits per heavy atom. The number of nitrogens with zero attached hydrogens (tertiary/aromatic N) is 1. The van der Waals surface area contributed by atoms with Gasteiger partial charge in [0.1, 0.15) is 5.52 Å². The number of rotatable bonds is 3. The summed E-state index contributed by atoms with van der Waals surface area (Å²) in [6.07, 6.45) is -4.31. The Labute approximate surface area is 136 Å². The standard InChI is InChI=1S/C15H9BrF3NOS/c16-11-5-6-13-12(7-11)20-14(21-13)22-8-9-1-3-10(4-2-9)15(17,18)19/h1-7H,8H2. The fourth-order valence-corrected chi connectivity index (χ4v) is 3.02. The Balaban J connectivity index is 1.71. The molecule has 0 N–H and O–H groups in total. The minimum atomic E-state index is -4.31. The first-order chi connectivity index (χ1) is 10.4. The Bertz CT molecular complexity index is 799. The van der Waals surface area contributed by atoms with E-state index in [1.54, 1.807) is 0 Å². The summed E-state index contributed by atoms with van der Waals surface area (Å²) in [6.45, 7) is 0. The molecular formula is C15H9BrF3NOS. The number of fused-ring (bicyclic) bond motifs is 1. The van der Waals surface area contributed by atoms with Gasteiger partial charge in [0.05, 0.1) is 5.56 Å². The first kappa shape index (κ1) is 15.4. The van der Waals surface area contributed by atoms with Crippen LogP contribution in [0.4, 0.5) is 13.2 Å². The lowest BCUT2D eigenvalue weighted by atomic mass is 10.1. The van der Waals surface area contributed by atoms with Crippen LogP contribution >= 0.6 is 27.7 Å². The number of oxazole rings is 1. The minimum Gasteiger partial charge on any atom is -0.431 e. The average molecular weight is 388 g/mol. The second-order valence-electron chi connectivity index (χ2n) is 4.58. The van der Waals surface area contributed by atoms with E-state index in [2.05, 4.69) is 20.9 Å². The quantitative estimate of drug-likeness (QED) is 0.523. The predicted molar refractivity (Wildman–Crippen MR) is 82.7 cm³/mol. The van der Waals surface area contributed by atoms with Crippen molar-refractivity contribution in [3.63, 3.8) is 0 Å². The molecule has 3 rings (SSSR count). The van der Waals surface area contributed by atoms with Crippen LogP contribution in [0.15, 0.2) is 56.6 Å². The number of hydrogen-bond acceptors (Lipinski definition) is 3. The van der Waals surface area contributed by atoms with Gasteiger partial charge in [0.2, 0.25) is 0 Å². The molecule has 22 heavy (non-hydrogen) atoms. The SMILES string of the molecule is FC(F)(F)c1ccc(CSc2nc3cc(Br)ccc3o2)cc1. The largest absolute Gasteiger partial charge is 0.431 e. The van der Waals surface area contributed by atoms with Crippen molar-refractivity contribution in [3.8, 4) is 0 Å². The molecule has 0 aliphatic heterocycles. The second-order valence-corrected chi connectivity index (χ2v) is 6.42. The molecule has 0 fully saturated rings. The lowest BCUT2D eigenvalue weighted by Crippen LogP contribution is -2.04. The molecule has 0 atom stereocenters. The molecular weight excluding hydrogens is 379 g/mol. The van der Waals surface area contributed by atoms with Gasteiger partial charge in [-0.05, 0) is 35.9 Å². The smallest absolute Gasteiger partial charge is 0.416 e. The average Bonchev–Trinajstić information content (AvgIpc) is 2.86. The summed E-state index contributed by atoms with van der Waals surface area (Å²) in [6, 6.07) is 10.6. The summed E-state index contributed by atoms with van der Waals surface area (Å²) in [5.74, 6) is 0.492. The maximum Gasteiger partial charge on any atom is 0.416 e. The second kappa shape index (κ2) is 5.96. The zero-order chi connectivity index (χ0) is 15.7. The van der Waals surface area contributed by atoms with Gasteiger partial charge in [0.25, 0.3) is 5.22 Å². The van der Waals surface area contributed by atoms with E-state index in [1.165, 1.54) is 23.9 Å². The van der Waals surface area contributed by atoms with E-state index in [0.29, 0.717) is 16.6 Å². The molecule has 114 valence electrons. The van der Waals surface area contributed by atoms with Gasteiger partial charge in [0.15, 0.2) is 5.58 Å². The summed E-state index contributed by atoms with van der Waals surface area (Å²) < 4.78 is 43.9. The van der Waals surface area contributed by atoms with E-state index in [1.807, 2.05) is 18.2 Å². The van der Waals surface area contributed by atoms with Crippen LogP contribution in [0.5, 0.6) is 0 Å². The van der Waals surface area contributed by atoms with Crippen LogP contribution in [0.25, 0.3) is 11.1 Å². The maximum absolute atomic E-state index is 12.5. The summed E-state index contributed by atoms with van der Waals surface area (Å²) in [4.78, 5) is 4.33. The Morgan fingerprint density at radius 2 is 1.82 bits per heavy atom. The van der Waals surface area contributed by atoms with E-state index in [0.717, 1.165) is 27.7 Å². The molecule has 0 saturated carbocycles. The lowest BCUT2D eigenvalue weighted by molar-refractivity contribution is -0.137. The first-order valence-corrected chi connectivity index (χ1v) is 8.05. The van der Waals surface area contributed by atoms with Gasteiger partial charge in [-0.15, -0.1) is 0 Å². The molecule has 1 heterocycles. The molecule has 0 unspecified atom stereocenters. The van der Waals surface area contributed by atoms with Gasteiger partial charge in [-0.3, -0.25) is 0 Å². The number of halogens is 4. The minimum absolute atomic E-state index is 0.492. The molecule has 1 aromatic heterocycles. The monoisotopic (exact) mass is 387 g/mol. The van der Waals surface area contributed by atoms with Gasteiger partial charge < -0.3 is 4.42 Å². The summed E-state index contributed by atoms with van der Waals surface area (Å²) in [5.41, 5.74) is 1.55. The van der Waals surface area contributed by atoms with E-state index in [9.17, 15) is 13.2 Å². The zero-order valence-electron chi connectivity index (χ0n) is 11.0. The molecule has 0 spiro atoms. The molecule has 0 aliphatic carbocycles. The van der Waals surface area contributed by atoms with Crippen molar-refractivity contribution in [2.24, 2.45) is 0 Å². The van der Waals surface area contributed by atoms with Crippen molar-refractivity contribution < 1.29 is 17.6 Å². The highest BCUT2D eigenvalue weighted by molar-refractivity contribution is 9.10. The highest BCUT2D eigenvalue weighted by Gasteiger charge is 2.29. The highest BCUT2D eigenvalue weighted by Crippen LogP contribution is 2.31. The highest BCUT2D eigenvalue weighted by atomic mass is 79.9. The van der Waals surface area contributed by atoms with Crippen molar-refractivity contribution in [2.45, 2.75) is 17.2 Å². The third kappa shape index (κ3) is 3.47. The number of hydrogen-bond donors (Lipinski definition) is 0. The van der Waals surface area contributed by atoms with Crippen LogP contribution in [0.3, 0.4) is 0 Å². The third-order valence-corrected chi connectivity index (χ3v) is 4.37. The van der Waals surface area contributed by atoms with Crippen LogP contribution in [0.2, 0.25) is 0 Å². The van der Waals surface area contributed by atoms with Gasteiger partial charge in [-0.1, -0.05) is 39.8 Å². The van der Waals surface area contributed by atoms with E-state index in [4.69, 9.17) is 4.42 Å². The molecule has 0 amide bonds. The zero-order valence-corrected chi connectivity index (χ0v) is 13.4. The van der Waals surface area contributed by atoms with Crippen LogP contribution in [-0.2, 0) is 11.9 Å². The van der Waals surface area contributed by atoms with E-state index >= 15 is 0 Å². The topological polar surface area (TPSA) is 26.0 Å². The van der Waals surface area contributed by atoms with Gasteiger partial charge in [-0.2, -0.15) is 13.2 Å². The van der Waals surface area contributed by atoms with Crippen LogP contribution in [0, 0.1) is 0 Å². The Kier molecular flexibility index (Phi) is 4.18. The molecule has 0 saturated heterocycles. The van der Waals surface area contributed by atoms with E-state index < -0.39 is 11.7 Å². The van der Waals surface area contributed by atoms with Gasteiger partial charge in [-0.25, -0.2) is 4.98 Å². The number of aromatic nitrogens is 1. The predicted octanol–water partition coefficient (Wildman–Crippen LogP) is 5.90. The van der Waals surface area contributed by atoms with Crippen LogP contribution in [0.1, 0.15) is 11.1 Å². The molecule has 0 bridgehead atoms. The third-order valence-electron chi connectivity index (χ3n) is 2.97. The number of thioether (sulfide) groups is 1.